The molecule has 1 aromatic carbocycles. The number of allylic oxidation sites excluding steroid dienone is 1. The van der Waals surface area contributed by atoms with Crippen molar-refractivity contribution in [2.75, 3.05) is 0 Å². The van der Waals surface area contributed by atoms with Crippen molar-refractivity contribution in [1.29, 1.82) is 0 Å². The standard InChI is InChI=1S/C9H8ClFO/c1-2-9(10)12-8-6-4-3-5-7(8)11/h2-6H,1H3. The molecule has 0 atom stereocenters. The van der Waals surface area contributed by atoms with Crippen LogP contribution in [0.4, 0.5) is 4.39 Å². The predicted octanol–water partition coefficient (Wildman–Crippen LogP) is 3.30. The first-order valence-electron chi connectivity index (χ1n) is 3.48. The number of hydrogen-bond acceptors (Lipinski definition) is 1. The van der Waals surface area contributed by atoms with E-state index in [2.05, 4.69) is 0 Å². The Hall–Kier alpha value is -1.02. The summed E-state index contributed by atoms with van der Waals surface area (Å²) in [6.07, 6.45) is 1.55. The van der Waals surface area contributed by atoms with E-state index in [1.54, 1.807) is 25.1 Å². The smallest absolute Gasteiger partial charge is 0.189 e. The maximum atomic E-state index is 12.9. The van der Waals surface area contributed by atoms with Crippen molar-refractivity contribution >= 4 is 11.6 Å². The summed E-state index contributed by atoms with van der Waals surface area (Å²) >= 11 is 5.54. The molecule has 0 spiro atoms. The fourth-order valence-corrected chi connectivity index (χ4v) is 0.775. The van der Waals surface area contributed by atoms with Gasteiger partial charge in [-0.15, -0.1) is 0 Å². The summed E-state index contributed by atoms with van der Waals surface area (Å²) in [4.78, 5) is 0. The Labute approximate surface area is 75.4 Å². The van der Waals surface area contributed by atoms with Crippen molar-refractivity contribution in [2.24, 2.45) is 0 Å². The van der Waals surface area contributed by atoms with Crippen molar-refractivity contribution in [3.05, 3.63) is 41.4 Å². The molecule has 0 N–H and O–H groups in total. The van der Waals surface area contributed by atoms with Crippen LogP contribution in [-0.4, -0.2) is 0 Å². The van der Waals surface area contributed by atoms with Gasteiger partial charge >= 0.3 is 0 Å². The molecule has 12 heavy (non-hydrogen) atoms. The maximum absolute atomic E-state index is 12.9. The monoisotopic (exact) mass is 186 g/mol. The van der Waals surface area contributed by atoms with Crippen LogP contribution in [0.2, 0.25) is 0 Å². The van der Waals surface area contributed by atoms with Crippen LogP contribution in [0.15, 0.2) is 35.6 Å². The molecule has 0 fully saturated rings. The Morgan fingerprint density at radius 3 is 2.75 bits per heavy atom. The molecule has 0 saturated heterocycles. The average Bonchev–Trinajstić information content (AvgIpc) is 2.09. The lowest BCUT2D eigenvalue weighted by atomic mass is 10.3. The first-order chi connectivity index (χ1) is 5.74. The van der Waals surface area contributed by atoms with E-state index in [0.717, 1.165) is 0 Å². The third-order valence-electron chi connectivity index (χ3n) is 1.27. The Morgan fingerprint density at radius 1 is 1.50 bits per heavy atom. The number of ether oxygens (including phenoxy) is 1. The first kappa shape index (κ1) is 9.07. The van der Waals surface area contributed by atoms with Gasteiger partial charge in [-0.05, 0) is 36.7 Å². The fourth-order valence-electron chi connectivity index (χ4n) is 0.691. The molecule has 0 aliphatic rings. The van der Waals surface area contributed by atoms with Gasteiger partial charge in [0.2, 0.25) is 0 Å². The van der Waals surface area contributed by atoms with Crippen molar-refractivity contribution in [3.63, 3.8) is 0 Å². The van der Waals surface area contributed by atoms with Gasteiger partial charge in [0.25, 0.3) is 0 Å². The van der Waals surface area contributed by atoms with Crippen LogP contribution in [0.5, 0.6) is 5.75 Å². The van der Waals surface area contributed by atoms with Crippen molar-refractivity contribution in [3.8, 4) is 5.75 Å². The quantitative estimate of drug-likeness (QED) is 0.644. The first-order valence-corrected chi connectivity index (χ1v) is 3.86. The van der Waals surface area contributed by atoms with E-state index in [9.17, 15) is 4.39 Å². The van der Waals surface area contributed by atoms with E-state index in [1.807, 2.05) is 0 Å². The molecule has 0 bridgehead atoms. The van der Waals surface area contributed by atoms with E-state index >= 15 is 0 Å². The van der Waals surface area contributed by atoms with E-state index in [-0.39, 0.29) is 11.0 Å². The minimum Gasteiger partial charge on any atom is -0.443 e. The van der Waals surface area contributed by atoms with Gasteiger partial charge in [0.05, 0.1) is 0 Å². The van der Waals surface area contributed by atoms with Gasteiger partial charge in [0, 0.05) is 0 Å². The van der Waals surface area contributed by atoms with Crippen LogP contribution in [0, 0.1) is 5.82 Å². The van der Waals surface area contributed by atoms with Crippen LogP contribution < -0.4 is 4.74 Å². The summed E-state index contributed by atoms with van der Waals surface area (Å²) < 4.78 is 17.8. The summed E-state index contributed by atoms with van der Waals surface area (Å²) in [6.45, 7) is 1.71. The number of para-hydroxylation sites is 1. The van der Waals surface area contributed by atoms with Crippen LogP contribution in [0.25, 0.3) is 0 Å². The van der Waals surface area contributed by atoms with E-state index in [4.69, 9.17) is 16.3 Å². The molecule has 1 aromatic rings. The number of hydrogen-bond donors (Lipinski definition) is 0. The molecule has 64 valence electrons. The molecule has 0 saturated carbocycles. The van der Waals surface area contributed by atoms with E-state index < -0.39 is 5.82 Å². The second-order valence-corrected chi connectivity index (χ2v) is 2.50. The van der Waals surface area contributed by atoms with Gasteiger partial charge < -0.3 is 4.74 Å². The second kappa shape index (κ2) is 4.12. The zero-order valence-corrected chi connectivity index (χ0v) is 7.31. The van der Waals surface area contributed by atoms with E-state index in [1.165, 1.54) is 12.1 Å². The lowest BCUT2D eigenvalue weighted by molar-refractivity contribution is 0.425. The van der Waals surface area contributed by atoms with Gasteiger partial charge in [-0.25, -0.2) is 4.39 Å². The van der Waals surface area contributed by atoms with Crippen molar-refractivity contribution in [2.45, 2.75) is 6.92 Å². The van der Waals surface area contributed by atoms with Crippen LogP contribution in [0.1, 0.15) is 6.92 Å². The van der Waals surface area contributed by atoms with Crippen LogP contribution >= 0.6 is 11.6 Å². The maximum Gasteiger partial charge on any atom is 0.189 e. The fraction of sp³-hybridized carbons (Fsp3) is 0.111. The minimum absolute atomic E-state index is 0.139. The average molecular weight is 187 g/mol. The zero-order valence-electron chi connectivity index (χ0n) is 6.55. The minimum atomic E-state index is -0.419. The Kier molecular flexibility index (Phi) is 3.11. The molecule has 0 aromatic heterocycles. The largest absolute Gasteiger partial charge is 0.443 e. The molecule has 0 unspecified atom stereocenters. The Balaban J connectivity index is 2.82. The normalized spacial score (nSPS) is 11.4. The lowest BCUT2D eigenvalue weighted by Crippen LogP contribution is -1.90. The highest BCUT2D eigenvalue weighted by molar-refractivity contribution is 6.28. The molecule has 0 aliphatic heterocycles. The molecule has 0 radical (unpaired) electrons. The highest BCUT2D eigenvalue weighted by Gasteiger charge is 2.01. The van der Waals surface area contributed by atoms with Gasteiger partial charge in [0.15, 0.2) is 16.8 Å². The third-order valence-corrected chi connectivity index (χ3v) is 1.57. The SMILES string of the molecule is CC=C(Cl)Oc1ccccc1F. The number of rotatable bonds is 2. The second-order valence-electron chi connectivity index (χ2n) is 2.13. The predicted molar refractivity (Wildman–Crippen MR) is 46.6 cm³/mol. The Morgan fingerprint density at radius 2 is 2.17 bits per heavy atom. The van der Waals surface area contributed by atoms with Gasteiger partial charge in [0.1, 0.15) is 0 Å². The molecule has 0 amide bonds. The summed E-state index contributed by atoms with van der Waals surface area (Å²) in [5, 5.41) is 0.167. The summed E-state index contributed by atoms with van der Waals surface area (Å²) in [7, 11) is 0. The van der Waals surface area contributed by atoms with Gasteiger partial charge in [-0.2, -0.15) is 0 Å². The summed E-state index contributed by atoms with van der Waals surface area (Å²) in [5.74, 6) is -0.280. The molecule has 1 nitrogen and oxygen atoms in total. The summed E-state index contributed by atoms with van der Waals surface area (Å²) in [6, 6.07) is 6.10. The highest BCUT2D eigenvalue weighted by Crippen LogP contribution is 2.19. The number of halogens is 2. The lowest BCUT2D eigenvalue weighted by Gasteiger charge is -2.03. The Bertz CT molecular complexity index is 296. The highest BCUT2D eigenvalue weighted by atomic mass is 35.5. The zero-order chi connectivity index (χ0) is 8.97. The topological polar surface area (TPSA) is 9.23 Å². The van der Waals surface area contributed by atoms with E-state index in [0.29, 0.717) is 0 Å². The van der Waals surface area contributed by atoms with Crippen molar-refractivity contribution in [1.82, 2.24) is 0 Å². The molecule has 1 rings (SSSR count). The third kappa shape index (κ3) is 2.24. The molecule has 3 heteroatoms. The molecular formula is C9H8ClFO. The van der Waals surface area contributed by atoms with Crippen LogP contribution in [-0.2, 0) is 0 Å². The van der Waals surface area contributed by atoms with Crippen LogP contribution in [0.3, 0.4) is 0 Å². The van der Waals surface area contributed by atoms with Gasteiger partial charge in [-0.3, -0.25) is 0 Å². The molecule has 0 aliphatic carbocycles. The summed E-state index contributed by atoms with van der Waals surface area (Å²) in [5.41, 5.74) is 0. The number of benzene rings is 1. The van der Waals surface area contributed by atoms with Gasteiger partial charge in [-0.1, -0.05) is 12.1 Å². The van der Waals surface area contributed by atoms with Crippen molar-refractivity contribution < 1.29 is 9.13 Å². The molecule has 0 heterocycles. The molecular weight excluding hydrogens is 179 g/mol.